The van der Waals surface area contributed by atoms with E-state index in [9.17, 15) is 23.9 Å². The monoisotopic (exact) mass is 252 g/mol. The minimum Gasteiger partial charge on any atom is -0.505 e. The summed E-state index contributed by atoms with van der Waals surface area (Å²) in [5, 5.41) is 28.0. The van der Waals surface area contributed by atoms with Gasteiger partial charge in [0.15, 0.2) is 11.6 Å². The molecule has 0 saturated carbocycles. The summed E-state index contributed by atoms with van der Waals surface area (Å²) in [6, 6.07) is 3.17. The van der Waals surface area contributed by atoms with Gasteiger partial charge in [0.25, 0.3) is 0 Å². The van der Waals surface area contributed by atoms with Crippen LogP contribution in [0.1, 0.15) is 12.5 Å². The zero-order valence-electron chi connectivity index (χ0n) is 9.61. The largest absolute Gasteiger partial charge is 0.505 e. The molecule has 3 nitrogen and oxygen atoms in total. The quantitative estimate of drug-likeness (QED) is 0.700. The van der Waals surface area contributed by atoms with Crippen molar-refractivity contribution in [2.45, 2.75) is 13.3 Å². The van der Waals surface area contributed by atoms with Crippen molar-refractivity contribution in [1.82, 2.24) is 0 Å². The fourth-order valence-corrected chi connectivity index (χ4v) is 2.11. The topological polar surface area (TPSA) is 60.7 Å². The van der Waals surface area contributed by atoms with E-state index in [1.807, 2.05) is 0 Å². The number of phenols is 1. The van der Waals surface area contributed by atoms with E-state index < -0.39 is 24.5 Å². The Hall–Kier alpha value is -1.66. The van der Waals surface area contributed by atoms with Crippen molar-refractivity contribution in [3.8, 4) is 5.75 Å². The van der Waals surface area contributed by atoms with Crippen LogP contribution in [0.2, 0.25) is 0 Å². The van der Waals surface area contributed by atoms with Crippen molar-refractivity contribution in [2.24, 2.45) is 0 Å². The molecule has 2 rings (SSSR count). The van der Waals surface area contributed by atoms with Gasteiger partial charge in [0, 0.05) is 5.39 Å². The average Bonchev–Trinajstić information content (AvgIpc) is 2.33. The molecule has 18 heavy (non-hydrogen) atoms. The number of benzene rings is 2. The Balaban J connectivity index is 2.99. The van der Waals surface area contributed by atoms with Crippen LogP contribution in [0.3, 0.4) is 0 Å². The molecule has 2 aromatic carbocycles. The standard InChI is InChI=1S/C12H11BF2O3/c1-2-6-9(14)4-3-7-11(6)8(13(17)18)5-10(16)12(7)15/h3-5,16-18H,2H2,1H3. The normalized spacial score (nSPS) is 10.9. The number of hydrogen-bond acceptors (Lipinski definition) is 3. The highest BCUT2D eigenvalue weighted by Crippen LogP contribution is 2.28. The molecular formula is C12H11BF2O3. The van der Waals surface area contributed by atoms with Gasteiger partial charge in [-0.05, 0) is 41.0 Å². The number of rotatable bonds is 2. The zero-order valence-corrected chi connectivity index (χ0v) is 9.61. The lowest BCUT2D eigenvalue weighted by atomic mass is 9.75. The average molecular weight is 252 g/mol. The van der Waals surface area contributed by atoms with Gasteiger partial charge in [-0.15, -0.1) is 0 Å². The molecule has 94 valence electrons. The Morgan fingerprint density at radius 2 is 1.89 bits per heavy atom. The van der Waals surface area contributed by atoms with Gasteiger partial charge in [-0.1, -0.05) is 6.92 Å². The van der Waals surface area contributed by atoms with Crippen LogP contribution in [0.5, 0.6) is 5.75 Å². The molecule has 0 aliphatic rings. The van der Waals surface area contributed by atoms with Gasteiger partial charge in [0.05, 0.1) is 0 Å². The Kier molecular flexibility index (Phi) is 3.23. The molecule has 3 N–H and O–H groups in total. The smallest absolute Gasteiger partial charge is 0.489 e. The molecule has 0 radical (unpaired) electrons. The lowest BCUT2D eigenvalue weighted by molar-refractivity contribution is 0.422. The molecule has 2 aromatic rings. The fraction of sp³-hybridized carbons (Fsp3) is 0.167. The summed E-state index contributed by atoms with van der Waals surface area (Å²) >= 11 is 0. The maximum atomic E-state index is 13.8. The lowest BCUT2D eigenvalue weighted by Crippen LogP contribution is -2.31. The van der Waals surface area contributed by atoms with Gasteiger partial charge in [0.1, 0.15) is 5.82 Å². The van der Waals surface area contributed by atoms with E-state index in [-0.39, 0.29) is 28.2 Å². The maximum Gasteiger partial charge on any atom is 0.489 e. The van der Waals surface area contributed by atoms with Crippen LogP contribution in [0.15, 0.2) is 18.2 Å². The first kappa shape index (κ1) is 12.8. The van der Waals surface area contributed by atoms with Crippen molar-refractivity contribution in [3.05, 3.63) is 35.4 Å². The van der Waals surface area contributed by atoms with E-state index in [2.05, 4.69) is 0 Å². The summed E-state index contributed by atoms with van der Waals surface area (Å²) in [5.74, 6) is -2.14. The molecule has 0 fully saturated rings. The Morgan fingerprint density at radius 1 is 1.22 bits per heavy atom. The van der Waals surface area contributed by atoms with Crippen molar-refractivity contribution in [1.29, 1.82) is 0 Å². The molecule has 0 spiro atoms. The molecule has 0 heterocycles. The minimum absolute atomic E-state index is 0.0312. The van der Waals surface area contributed by atoms with E-state index in [1.165, 1.54) is 6.07 Å². The summed E-state index contributed by atoms with van der Waals surface area (Å²) in [7, 11) is -1.91. The van der Waals surface area contributed by atoms with E-state index in [0.29, 0.717) is 0 Å². The third-order valence-electron chi connectivity index (χ3n) is 2.93. The summed E-state index contributed by atoms with van der Waals surface area (Å²) in [4.78, 5) is 0. The number of fused-ring (bicyclic) bond motifs is 1. The third-order valence-corrected chi connectivity index (χ3v) is 2.93. The third kappa shape index (κ3) is 1.83. The first-order valence-corrected chi connectivity index (χ1v) is 5.46. The van der Waals surface area contributed by atoms with Crippen LogP contribution < -0.4 is 5.46 Å². The molecule has 0 aromatic heterocycles. The van der Waals surface area contributed by atoms with Crippen LogP contribution in [-0.4, -0.2) is 22.3 Å². The molecule has 0 atom stereocenters. The van der Waals surface area contributed by atoms with Crippen LogP contribution in [0.25, 0.3) is 10.8 Å². The highest BCUT2D eigenvalue weighted by atomic mass is 19.1. The van der Waals surface area contributed by atoms with Crippen LogP contribution in [-0.2, 0) is 6.42 Å². The Bertz CT molecular complexity index is 614. The molecular weight excluding hydrogens is 241 g/mol. The fourth-order valence-electron chi connectivity index (χ4n) is 2.11. The van der Waals surface area contributed by atoms with Gasteiger partial charge >= 0.3 is 7.12 Å². The molecule has 0 bridgehead atoms. The molecule has 0 aliphatic carbocycles. The second kappa shape index (κ2) is 4.55. The van der Waals surface area contributed by atoms with Gasteiger partial charge in [0.2, 0.25) is 0 Å². The number of hydrogen-bond donors (Lipinski definition) is 3. The van der Waals surface area contributed by atoms with Gasteiger partial charge < -0.3 is 15.2 Å². The van der Waals surface area contributed by atoms with E-state index >= 15 is 0 Å². The molecule has 0 amide bonds. The second-order valence-corrected chi connectivity index (χ2v) is 3.97. The van der Waals surface area contributed by atoms with Crippen LogP contribution >= 0.6 is 0 Å². The van der Waals surface area contributed by atoms with E-state index in [0.717, 1.165) is 12.1 Å². The van der Waals surface area contributed by atoms with E-state index in [1.54, 1.807) is 6.92 Å². The molecule has 6 heteroatoms. The minimum atomic E-state index is -1.91. The van der Waals surface area contributed by atoms with Crippen molar-refractivity contribution in [3.63, 3.8) is 0 Å². The summed E-state index contributed by atoms with van der Waals surface area (Å²) in [5.41, 5.74) is 0.0785. The second-order valence-electron chi connectivity index (χ2n) is 3.97. The highest BCUT2D eigenvalue weighted by molar-refractivity contribution is 6.62. The Labute approximate surface area is 102 Å². The molecule has 0 unspecified atom stereocenters. The number of phenolic OH excluding ortho intramolecular Hbond substituents is 1. The van der Waals surface area contributed by atoms with Crippen LogP contribution in [0, 0.1) is 11.6 Å². The predicted octanol–water partition coefficient (Wildman–Crippen LogP) is 1.07. The number of halogens is 2. The maximum absolute atomic E-state index is 13.8. The van der Waals surface area contributed by atoms with Crippen molar-refractivity contribution < 1.29 is 23.9 Å². The van der Waals surface area contributed by atoms with Gasteiger partial charge in [-0.25, -0.2) is 8.78 Å². The van der Waals surface area contributed by atoms with Crippen molar-refractivity contribution >= 4 is 23.4 Å². The first-order chi connectivity index (χ1) is 8.47. The van der Waals surface area contributed by atoms with Gasteiger partial charge in [-0.3, -0.25) is 0 Å². The SMILES string of the molecule is CCc1c(F)ccc2c(F)c(O)cc(B(O)O)c12. The van der Waals surface area contributed by atoms with Crippen LogP contribution in [0.4, 0.5) is 8.78 Å². The number of aryl methyl sites for hydroxylation is 1. The highest BCUT2D eigenvalue weighted by Gasteiger charge is 2.22. The first-order valence-electron chi connectivity index (χ1n) is 5.46. The summed E-state index contributed by atoms with van der Waals surface area (Å²) in [6.07, 6.45) is 0.271. The zero-order chi connectivity index (χ0) is 13.4. The van der Waals surface area contributed by atoms with Crippen molar-refractivity contribution in [2.75, 3.05) is 0 Å². The van der Waals surface area contributed by atoms with Gasteiger partial charge in [-0.2, -0.15) is 0 Å². The predicted molar refractivity (Wildman–Crippen MR) is 64.7 cm³/mol. The summed E-state index contributed by atoms with van der Waals surface area (Å²) < 4.78 is 27.4. The summed E-state index contributed by atoms with van der Waals surface area (Å²) in [6.45, 7) is 1.68. The van der Waals surface area contributed by atoms with E-state index in [4.69, 9.17) is 0 Å². The molecule has 0 aliphatic heterocycles. The molecule has 0 saturated heterocycles. The number of aromatic hydroxyl groups is 1. The lowest BCUT2D eigenvalue weighted by Gasteiger charge is -2.13. The Morgan fingerprint density at radius 3 is 2.44 bits per heavy atom.